The average Bonchev–Trinajstić information content (AvgIpc) is 3.13. The Bertz CT molecular complexity index is 813. The molecule has 5 nitrogen and oxygen atoms in total. The molecule has 3 rings (SSSR count). The molecule has 0 spiro atoms. The van der Waals surface area contributed by atoms with Crippen LogP contribution in [-0.2, 0) is 11.3 Å². The van der Waals surface area contributed by atoms with Gasteiger partial charge in [-0.05, 0) is 32.6 Å². The van der Waals surface area contributed by atoms with Crippen molar-refractivity contribution >= 4 is 23.3 Å². The van der Waals surface area contributed by atoms with Crippen molar-refractivity contribution in [2.24, 2.45) is 5.92 Å². The molecule has 1 aromatic carbocycles. The van der Waals surface area contributed by atoms with E-state index in [0.29, 0.717) is 12.3 Å². The van der Waals surface area contributed by atoms with Gasteiger partial charge in [-0.15, -0.1) is 11.3 Å². The molecule has 2 heterocycles. The van der Waals surface area contributed by atoms with Crippen LogP contribution in [0.5, 0.6) is 0 Å². The lowest BCUT2D eigenvalue weighted by Crippen LogP contribution is -2.44. The van der Waals surface area contributed by atoms with E-state index < -0.39 is 5.54 Å². The highest BCUT2D eigenvalue weighted by Crippen LogP contribution is 2.28. The van der Waals surface area contributed by atoms with Gasteiger partial charge < -0.3 is 5.32 Å². The molecule has 1 N–H and O–H groups in total. The molecule has 1 aromatic heterocycles. The van der Waals surface area contributed by atoms with Crippen molar-refractivity contribution in [1.82, 2.24) is 15.2 Å². The van der Waals surface area contributed by atoms with Crippen molar-refractivity contribution < 1.29 is 9.59 Å². The second-order valence-corrected chi connectivity index (χ2v) is 8.45. The van der Waals surface area contributed by atoms with Crippen LogP contribution in [0.4, 0.5) is 4.79 Å². The Labute approximate surface area is 158 Å². The summed E-state index contributed by atoms with van der Waals surface area (Å²) in [5.41, 5.74) is 2.18. The van der Waals surface area contributed by atoms with E-state index in [9.17, 15) is 9.59 Å². The third-order valence-electron chi connectivity index (χ3n) is 4.74. The van der Waals surface area contributed by atoms with Gasteiger partial charge in [0, 0.05) is 10.9 Å². The van der Waals surface area contributed by atoms with E-state index in [1.807, 2.05) is 43.5 Å². The number of urea groups is 1. The van der Waals surface area contributed by atoms with Crippen molar-refractivity contribution in [3.8, 4) is 10.6 Å². The molecular formula is C20H25N3O2S. The van der Waals surface area contributed by atoms with E-state index in [4.69, 9.17) is 0 Å². The fraction of sp³-hybridized carbons (Fsp3) is 0.450. The number of hydrogen-bond acceptors (Lipinski definition) is 4. The first-order valence-electron chi connectivity index (χ1n) is 8.94. The SMILES string of the molecule is Cc1ccc(-c2nc(CN3C(=O)NC(C)(CCC(C)C)C3=O)cs2)cc1. The van der Waals surface area contributed by atoms with Gasteiger partial charge in [0.2, 0.25) is 0 Å². The molecule has 1 unspecified atom stereocenters. The van der Waals surface area contributed by atoms with E-state index in [1.165, 1.54) is 21.8 Å². The lowest BCUT2D eigenvalue weighted by atomic mass is 9.92. The van der Waals surface area contributed by atoms with Gasteiger partial charge >= 0.3 is 6.03 Å². The normalized spacial score (nSPS) is 20.1. The highest BCUT2D eigenvalue weighted by Gasteiger charge is 2.47. The minimum absolute atomic E-state index is 0.159. The maximum absolute atomic E-state index is 12.8. The molecule has 138 valence electrons. The standard InChI is InChI=1S/C20H25N3O2S/c1-13(2)9-10-20(4)18(24)23(19(25)22-20)11-16-12-26-17(21-16)15-7-5-14(3)6-8-15/h5-8,12-13H,9-11H2,1-4H3,(H,22,25). The van der Waals surface area contributed by atoms with Gasteiger partial charge in [0.15, 0.2) is 0 Å². The lowest BCUT2D eigenvalue weighted by molar-refractivity contribution is -0.131. The summed E-state index contributed by atoms with van der Waals surface area (Å²) in [7, 11) is 0. The van der Waals surface area contributed by atoms with E-state index in [1.54, 1.807) is 0 Å². The quantitative estimate of drug-likeness (QED) is 0.767. The largest absolute Gasteiger partial charge is 0.325 e. The van der Waals surface area contributed by atoms with Crippen molar-refractivity contribution in [3.63, 3.8) is 0 Å². The summed E-state index contributed by atoms with van der Waals surface area (Å²) in [4.78, 5) is 31.0. The first-order valence-corrected chi connectivity index (χ1v) is 9.82. The first-order chi connectivity index (χ1) is 12.3. The van der Waals surface area contributed by atoms with Crippen LogP contribution < -0.4 is 5.32 Å². The zero-order valence-corrected chi connectivity index (χ0v) is 16.5. The molecule has 1 aliphatic rings. The summed E-state index contributed by atoms with van der Waals surface area (Å²) in [5, 5.41) is 5.68. The van der Waals surface area contributed by atoms with Crippen LogP contribution in [0.3, 0.4) is 0 Å². The topological polar surface area (TPSA) is 62.3 Å². The zero-order valence-electron chi connectivity index (χ0n) is 15.7. The van der Waals surface area contributed by atoms with Gasteiger partial charge in [-0.3, -0.25) is 9.69 Å². The van der Waals surface area contributed by atoms with Crippen LogP contribution in [0.25, 0.3) is 10.6 Å². The number of thiazole rings is 1. The third kappa shape index (κ3) is 3.80. The van der Waals surface area contributed by atoms with Crippen LogP contribution in [0.2, 0.25) is 0 Å². The minimum atomic E-state index is -0.808. The number of hydrogen-bond donors (Lipinski definition) is 1. The Morgan fingerprint density at radius 3 is 2.58 bits per heavy atom. The zero-order chi connectivity index (χ0) is 18.9. The Hall–Kier alpha value is -2.21. The highest BCUT2D eigenvalue weighted by atomic mass is 32.1. The maximum atomic E-state index is 12.8. The number of rotatable bonds is 6. The second-order valence-electron chi connectivity index (χ2n) is 7.60. The fourth-order valence-corrected chi connectivity index (χ4v) is 3.82. The monoisotopic (exact) mass is 371 g/mol. The average molecular weight is 372 g/mol. The Balaban J connectivity index is 1.72. The molecule has 1 aliphatic heterocycles. The molecule has 6 heteroatoms. The molecule has 3 amide bonds. The van der Waals surface area contributed by atoms with Crippen molar-refractivity contribution in [1.29, 1.82) is 0 Å². The van der Waals surface area contributed by atoms with Gasteiger partial charge in [0.1, 0.15) is 10.5 Å². The molecule has 0 bridgehead atoms. The van der Waals surface area contributed by atoms with Crippen LogP contribution in [0.1, 0.15) is 44.9 Å². The van der Waals surface area contributed by atoms with E-state index in [-0.39, 0.29) is 18.5 Å². The Kier molecular flexibility index (Phi) is 5.14. The Morgan fingerprint density at radius 2 is 1.92 bits per heavy atom. The van der Waals surface area contributed by atoms with Crippen LogP contribution in [0.15, 0.2) is 29.6 Å². The lowest BCUT2D eigenvalue weighted by Gasteiger charge is -2.22. The Morgan fingerprint density at radius 1 is 1.23 bits per heavy atom. The molecule has 0 aliphatic carbocycles. The van der Waals surface area contributed by atoms with Crippen LogP contribution >= 0.6 is 11.3 Å². The predicted octanol–water partition coefficient (Wildman–Crippen LogP) is 4.37. The van der Waals surface area contributed by atoms with Gasteiger partial charge in [-0.25, -0.2) is 9.78 Å². The molecule has 1 atom stereocenters. The molecule has 1 saturated heterocycles. The number of nitrogens with one attached hydrogen (secondary N) is 1. The molecule has 1 fully saturated rings. The highest BCUT2D eigenvalue weighted by molar-refractivity contribution is 7.13. The summed E-state index contributed by atoms with van der Waals surface area (Å²) in [6.07, 6.45) is 1.54. The smallest absolute Gasteiger partial charge is 0.323 e. The van der Waals surface area contributed by atoms with Crippen LogP contribution in [0, 0.1) is 12.8 Å². The van der Waals surface area contributed by atoms with Crippen molar-refractivity contribution in [2.45, 2.75) is 52.6 Å². The predicted molar refractivity (Wildman–Crippen MR) is 104 cm³/mol. The number of carbonyl (C=O) groups excluding carboxylic acids is 2. The second kappa shape index (κ2) is 7.19. The number of aryl methyl sites for hydroxylation is 1. The van der Waals surface area contributed by atoms with Crippen molar-refractivity contribution in [2.75, 3.05) is 0 Å². The summed E-state index contributed by atoms with van der Waals surface area (Å²) < 4.78 is 0. The molecule has 0 radical (unpaired) electrons. The summed E-state index contributed by atoms with van der Waals surface area (Å²) in [6.45, 7) is 8.30. The number of benzene rings is 1. The number of aromatic nitrogens is 1. The molecule has 26 heavy (non-hydrogen) atoms. The summed E-state index contributed by atoms with van der Waals surface area (Å²) in [6, 6.07) is 7.84. The van der Waals surface area contributed by atoms with Gasteiger partial charge in [0.05, 0.1) is 12.2 Å². The molecule has 2 aromatic rings. The number of amides is 3. The first kappa shape index (κ1) is 18.6. The van der Waals surface area contributed by atoms with Gasteiger partial charge in [-0.1, -0.05) is 43.7 Å². The van der Waals surface area contributed by atoms with Gasteiger partial charge in [-0.2, -0.15) is 0 Å². The minimum Gasteiger partial charge on any atom is -0.323 e. The van der Waals surface area contributed by atoms with Gasteiger partial charge in [0.25, 0.3) is 5.91 Å². The maximum Gasteiger partial charge on any atom is 0.325 e. The van der Waals surface area contributed by atoms with E-state index in [0.717, 1.165) is 22.7 Å². The van der Waals surface area contributed by atoms with Crippen LogP contribution in [-0.4, -0.2) is 27.4 Å². The fourth-order valence-electron chi connectivity index (χ4n) is 3.01. The summed E-state index contributed by atoms with van der Waals surface area (Å²) in [5.74, 6) is 0.328. The van der Waals surface area contributed by atoms with E-state index >= 15 is 0 Å². The third-order valence-corrected chi connectivity index (χ3v) is 5.68. The van der Waals surface area contributed by atoms with Crippen molar-refractivity contribution in [3.05, 3.63) is 40.9 Å². The number of nitrogens with zero attached hydrogens (tertiary/aromatic N) is 2. The summed E-state index contributed by atoms with van der Waals surface area (Å²) >= 11 is 1.53. The van der Waals surface area contributed by atoms with E-state index in [2.05, 4.69) is 24.1 Å². The molecular weight excluding hydrogens is 346 g/mol. The molecule has 0 saturated carbocycles. The number of imide groups is 1. The number of carbonyl (C=O) groups is 2.